The van der Waals surface area contributed by atoms with Crippen molar-refractivity contribution in [2.45, 2.75) is 77.9 Å². The monoisotopic (exact) mass is 215 g/mol. The van der Waals surface area contributed by atoms with Crippen LogP contribution in [0.1, 0.15) is 71.6 Å². The van der Waals surface area contributed by atoms with Crippen molar-refractivity contribution in [1.82, 2.24) is 5.32 Å². The summed E-state index contributed by atoms with van der Waals surface area (Å²) in [5, 5.41) is 12.7. The summed E-state index contributed by atoms with van der Waals surface area (Å²) < 4.78 is 0. The minimum atomic E-state index is -0.275. The van der Waals surface area contributed by atoms with E-state index in [9.17, 15) is 5.11 Å². The van der Waals surface area contributed by atoms with E-state index in [1.54, 1.807) is 0 Å². The van der Waals surface area contributed by atoms with E-state index in [4.69, 9.17) is 0 Å². The third-order valence-corrected chi connectivity index (χ3v) is 2.74. The van der Waals surface area contributed by atoms with Crippen LogP contribution in [0.2, 0.25) is 0 Å². The van der Waals surface area contributed by atoms with Crippen LogP contribution >= 0.6 is 0 Å². The van der Waals surface area contributed by atoms with Gasteiger partial charge in [0, 0.05) is 0 Å². The summed E-state index contributed by atoms with van der Waals surface area (Å²) in [4.78, 5) is 0. The van der Waals surface area contributed by atoms with Crippen LogP contribution in [0.5, 0.6) is 0 Å². The molecule has 0 rings (SSSR count). The molecule has 0 bridgehead atoms. The predicted octanol–water partition coefficient (Wildman–Crippen LogP) is 3.45. The lowest BCUT2D eigenvalue weighted by Gasteiger charge is -2.11. The average molecular weight is 215 g/mol. The van der Waals surface area contributed by atoms with E-state index in [2.05, 4.69) is 19.2 Å². The van der Waals surface area contributed by atoms with Gasteiger partial charge in [-0.25, -0.2) is 0 Å². The number of rotatable bonds is 11. The molecule has 0 radical (unpaired) electrons. The van der Waals surface area contributed by atoms with Crippen molar-refractivity contribution in [3.63, 3.8) is 0 Å². The Labute approximate surface area is 95.5 Å². The summed E-state index contributed by atoms with van der Waals surface area (Å²) in [6.07, 6.45) is 10.8. The van der Waals surface area contributed by atoms with Gasteiger partial charge in [-0.15, -0.1) is 0 Å². The fraction of sp³-hybridized carbons (Fsp3) is 1.00. The normalized spacial score (nSPS) is 13.0. The minimum Gasteiger partial charge on any atom is -0.379 e. The second-order valence-corrected chi connectivity index (χ2v) is 4.38. The molecule has 2 heteroatoms. The Balaban J connectivity index is 3.06. The lowest BCUT2D eigenvalue weighted by molar-refractivity contribution is 0.124. The maximum Gasteiger partial charge on any atom is 0.104 e. The summed E-state index contributed by atoms with van der Waals surface area (Å²) in [7, 11) is 0. The third-order valence-electron chi connectivity index (χ3n) is 2.74. The molecule has 2 N–H and O–H groups in total. The fourth-order valence-corrected chi connectivity index (χ4v) is 1.67. The Hall–Kier alpha value is -0.0800. The number of unbranched alkanes of at least 4 members (excludes halogenated alkanes) is 6. The highest BCUT2D eigenvalue weighted by molar-refractivity contribution is 4.54. The molecular weight excluding hydrogens is 186 g/mol. The van der Waals surface area contributed by atoms with Crippen LogP contribution < -0.4 is 5.32 Å². The van der Waals surface area contributed by atoms with Crippen molar-refractivity contribution in [3.8, 4) is 0 Å². The van der Waals surface area contributed by atoms with Crippen LogP contribution in [-0.4, -0.2) is 17.9 Å². The summed E-state index contributed by atoms with van der Waals surface area (Å²) >= 11 is 0. The Morgan fingerprint density at radius 3 is 2.13 bits per heavy atom. The molecule has 0 aliphatic carbocycles. The molecule has 0 aliphatic heterocycles. The van der Waals surface area contributed by atoms with Crippen molar-refractivity contribution in [3.05, 3.63) is 0 Å². The molecule has 2 nitrogen and oxygen atoms in total. The van der Waals surface area contributed by atoms with E-state index < -0.39 is 0 Å². The minimum absolute atomic E-state index is 0.275. The van der Waals surface area contributed by atoms with Gasteiger partial charge in [0.25, 0.3) is 0 Å². The molecule has 0 aliphatic rings. The van der Waals surface area contributed by atoms with Crippen LogP contribution in [0.3, 0.4) is 0 Å². The van der Waals surface area contributed by atoms with Crippen LogP contribution in [0.25, 0.3) is 0 Å². The van der Waals surface area contributed by atoms with Gasteiger partial charge >= 0.3 is 0 Å². The summed E-state index contributed by atoms with van der Waals surface area (Å²) in [6.45, 7) is 5.36. The van der Waals surface area contributed by atoms with Gasteiger partial charge in [-0.1, -0.05) is 52.4 Å². The molecule has 0 amide bonds. The first-order chi connectivity index (χ1) is 7.31. The smallest absolute Gasteiger partial charge is 0.104 e. The number of aliphatic hydroxyl groups excluding tert-OH is 1. The molecule has 92 valence electrons. The number of hydrogen-bond acceptors (Lipinski definition) is 2. The Bertz CT molecular complexity index is 117. The van der Waals surface area contributed by atoms with Gasteiger partial charge in [-0.2, -0.15) is 0 Å². The van der Waals surface area contributed by atoms with Gasteiger partial charge in [-0.3, -0.25) is 5.32 Å². The molecule has 0 saturated carbocycles. The zero-order valence-corrected chi connectivity index (χ0v) is 10.6. The Morgan fingerprint density at radius 1 is 0.867 bits per heavy atom. The molecule has 15 heavy (non-hydrogen) atoms. The summed E-state index contributed by atoms with van der Waals surface area (Å²) in [5.74, 6) is 0. The Kier molecular flexibility index (Phi) is 11.9. The van der Waals surface area contributed by atoms with E-state index in [0.29, 0.717) is 0 Å². The molecule has 0 aromatic heterocycles. The zero-order valence-electron chi connectivity index (χ0n) is 10.6. The molecule has 1 unspecified atom stereocenters. The standard InChI is InChI=1S/C13H29NO/c1-3-5-7-8-9-10-11-13(15)14-12-6-4-2/h13-15H,3-12H2,1-2H3. The Morgan fingerprint density at radius 2 is 1.47 bits per heavy atom. The van der Waals surface area contributed by atoms with Crippen molar-refractivity contribution < 1.29 is 5.11 Å². The van der Waals surface area contributed by atoms with E-state index in [1.807, 2.05) is 0 Å². The largest absolute Gasteiger partial charge is 0.379 e. The first-order valence-corrected chi connectivity index (χ1v) is 6.72. The maximum absolute atomic E-state index is 9.57. The quantitative estimate of drug-likeness (QED) is 0.409. The van der Waals surface area contributed by atoms with Gasteiger partial charge in [-0.05, 0) is 25.8 Å². The zero-order chi connectivity index (χ0) is 11.4. The highest BCUT2D eigenvalue weighted by Crippen LogP contribution is 2.07. The molecule has 0 aromatic rings. The van der Waals surface area contributed by atoms with Gasteiger partial charge < -0.3 is 5.11 Å². The van der Waals surface area contributed by atoms with Gasteiger partial charge in [0.05, 0.1) is 0 Å². The number of nitrogens with one attached hydrogen (secondary N) is 1. The lowest BCUT2D eigenvalue weighted by atomic mass is 10.1. The molecular formula is C13H29NO. The first-order valence-electron chi connectivity index (χ1n) is 6.72. The topological polar surface area (TPSA) is 32.3 Å². The highest BCUT2D eigenvalue weighted by Gasteiger charge is 2.01. The van der Waals surface area contributed by atoms with E-state index in [-0.39, 0.29) is 6.23 Å². The molecule has 0 heterocycles. The lowest BCUT2D eigenvalue weighted by Crippen LogP contribution is -2.29. The molecule has 1 atom stereocenters. The van der Waals surface area contributed by atoms with Crippen molar-refractivity contribution in [1.29, 1.82) is 0 Å². The number of aliphatic hydroxyl groups is 1. The second-order valence-electron chi connectivity index (χ2n) is 4.38. The van der Waals surface area contributed by atoms with Gasteiger partial charge in [0.15, 0.2) is 0 Å². The second kappa shape index (κ2) is 12.0. The van der Waals surface area contributed by atoms with E-state index >= 15 is 0 Å². The molecule has 0 spiro atoms. The fourth-order valence-electron chi connectivity index (χ4n) is 1.67. The van der Waals surface area contributed by atoms with Crippen LogP contribution in [0.4, 0.5) is 0 Å². The van der Waals surface area contributed by atoms with Crippen molar-refractivity contribution >= 4 is 0 Å². The van der Waals surface area contributed by atoms with Crippen LogP contribution in [0, 0.1) is 0 Å². The molecule has 0 aromatic carbocycles. The molecule has 0 fully saturated rings. The molecule has 0 saturated heterocycles. The maximum atomic E-state index is 9.57. The first kappa shape index (κ1) is 14.9. The van der Waals surface area contributed by atoms with Crippen LogP contribution in [0.15, 0.2) is 0 Å². The third kappa shape index (κ3) is 11.8. The van der Waals surface area contributed by atoms with E-state index in [1.165, 1.54) is 38.5 Å². The summed E-state index contributed by atoms with van der Waals surface area (Å²) in [5.41, 5.74) is 0. The summed E-state index contributed by atoms with van der Waals surface area (Å²) in [6, 6.07) is 0. The highest BCUT2D eigenvalue weighted by atomic mass is 16.3. The predicted molar refractivity (Wildman–Crippen MR) is 66.9 cm³/mol. The van der Waals surface area contributed by atoms with E-state index in [0.717, 1.165) is 25.8 Å². The van der Waals surface area contributed by atoms with Gasteiger partial charge in [0.2, 0.25) is 0 Å². The number of hydrogen-bond donors (Lipinski definition) is 2. The average Bonchev–Trinajstić information content (AvgIpc) is 2.23. The van der Waals surface area contributed by atoms with Crippen molar-refractivity contribution in [2.24, 2.45) is 0 Å². The SMILES string of the molecule is CCCCCCCCC(O)NCCCC. The van der Waals surface area contributed by atoms with Crippen molar-refractivity contribution in [2.75, 3.05) is 6.54 Å². The van der Waals surface area contributed by atoms with Gasteiger partial charge in [0.1, 0.15) is 6.23 Å². The van der Waals surface area contributed by atoms with Crippen LogP contribution in [-0.2, 0) is 0 Å².